The number of esters is 1. The first-order valence-electron chi connectivity index (χ1n) is 6.32. The molecule has 0 spiro atoms. The van der Waals surface area contributed by atoms with Crippen LogP contribution in [0.3, 0.4) is 0 Å². The Hall–Kier alpha value is -1.92. The van der Waals surface area contributed by atoms with Gasteiger partial charge < -0.3 is 4.74 Å². The van der Waals surface area contributed by atoms with Crippen molar-refractivity contribution in [3.8, 4) is 11.1 Å². The fourth-order valence-electron chi connectivity index (χ4n) is 1.49. The molecule has 3 heteroatoms. The van der Waals surface area contributed by atoms with Crippen molar-refractivity contribution in [3.63, 3.8) is 0 Å². The van der Waals surface area contributed by atoms with E-state index >= 15 is 0 Å². The van der Waals surface area contributed by atoms with E-state index in [1.54, 1.807) is 6.92 Å². The third-order valence-electron chi connectivity index (χ3n) is 2.35. The summed E-state index contributed by atoms with van der Waals surface area (Å²) in [5.74, 6) is -0.506. The van der Waals surface area contributed by atoms with Crippen molar-refractivity contribution in [1.29, 1.82) is 0 Å². The van der Waals surface area contributed by atoms with Gasteiger partial charge in [-0.1, -0.05) is 76.5 Å². The largest absolute Gasteiger partial charge is 0.456 e. The Morgan fingerprint density at radius 3 is 1.70 bits per heavy atom. The maximum atomic E-state index is 10.3. The quantitative estimate of drug-likeness (QED) is 0.478. The molecular weight excluding hydrogens is 267 g/mol. The van der Waals surface area contributed by atoms with Gasteiger partial charge in [-0.25, -0.2) is 4.79 Å². The minimum absolute atomic E-state index is 0.125. The maximum Gasteiger partial charge on any atom is 0.330 e. The monoisotopic (exact) mass is 286 g/mol. The number of ether oxygens (including phenoxy) is 1. The highest BCUT2D eigenvalue weighted by Gasteiger charge is 1.96. The number of carbonyl (C=O) groups is 1. The van der Waals surface area contributed by atoms with Crippen molar-refractivity contribution in [2.24, 2.45) is 0 Å². The Morgan fingerprint density at radius 2 is 1.45 bits per heavy atom. The molecule has 0 aromatic heterocycles. The van der Waals surface area contributed by atoms with Crippen LogP contribution in [0.2, 0.25) is 0 Å². The zero-order valence-electron chi connectivity index (χ0n) is 11.5. The molecule has 0 heterocycles. The van der Waals surface area contributed by atoms with E-state index in [0.717, 1.165) is 6.08 Å². The Balaban J connectivity index is 0.000000221. The van der Waals surface area contributed by atoms with Gasteiger partial charge in [-0.2, -0.15) is 0 Å². The standard InChI is InChI=1S/C12H10.C5H9O2P/c1-3-7-11(8-4-1)12-9-5-2-6-10-12;1-3-5(6)7-4(2)8/h1-10H;3-4H,1,8H2,2H3. The lowest BCUT2D eigenvalue weighted by Crippen LogP contribution is -2.04. The zero-order valence-corrected chi connectivity index (χ0v) is 12.7. The smallest absolute Gasteiger partial charge is 0.330 e. The molecule has 0 radical (unpaired) electrons. The van der Waals surface area contributed by atoms with Crippen molar-refractivity contribution in [1.82, 2.24) is 0 Å². The summed E-state index contributed by atoms with van der Waals surface area (Å²) >= 11 is 0. The number of benzene rings is 2. The van der Waals surface area contributed by atoms with E-state index in [4.69, 9.17) is 0 Å². The molecule has 0 saturated carbocycles. The molecule has 2 rings (SSSR count). The molecule has 0 saturated heterocycles. The van der Waals surface area contributed by atoms with Gasteiger partial charge in [-0.05, 0) is 18.1 Å². The van der Waals surface area contributed by atoms with E-state index in [-0.39, 0.29) is 11.8 Å². The van der Waals surface area contributed by atoms with Gasteiger partial charge in [0.2, 0.25) is 0 Å². The lowest BCUT2D eigenvalue weighted by atomic mass is 10.1. The van der Waals surface area contributed by atoms with Crippen LogP contribution in [0.4, 0.5) is 0 Å². The second-order valence-corrected chi connectivity index (χ2v) is 5.02. The normalized spacial score (nSPS) is 10.7. The van der Waals surface area contributed by atoms with Gasteiger partial charge in [0, 0.05) is 6.08 Å². The predicted octanol–water partition coefficient (Wildman–Crippen LogP) is 4.29. The molecule has 104 valence electrons. The van der Waals surface area contributed by atoms with Crippen molar-refractivity contribution >= 4 is 15.2 Å². The number of hydrogen-bond donors (Lipinski definition) is 0. The molecule has 2 atom stereocenters. The van der Waals surface area contributed by atoms with Gasteiger partial charge in [-0.3, -0.25) is 0 Å². The molecule has 0 amide bonds. The van der Waals surface area contributed by atoms with Crippen LogP contribution in [-0.4, -0.2) is 11.8 Å². The number of hydrogen-bond acceptors (Lipinski definition) is 2. The summed E-state index contributed by atoms with van der Waals surface area (Å²) in [5, 5.41) is 0. The van der Waals surface area contributed by atoms with Crippen LogP contribution in [0.25, 0.3) is 11.1 Å². The molecular formula is C17H19O2P. The zero-order chi connectivity index (χ0) is 14.8. The summed E-state index contributed by atoms with van der Waals surface area (Å²) in [6.45, 7) is 4.99. The van der Waals surface area contributed by atoms with Gasteiger partial charge in [0.1, 0.15) is 5.85 Å². The van der Waals surface area contributed by atoms with Gasteiger partial charge in [0.15, 0.2) is 0 Å². The van der Waals surface area contributed by atoms with Crippen LogP contribution in [-0.2, 0) is 9.53 Å². The summed E-state index contributed by atoms with van der Waals surface area (Å²) in [7, 11) is 2.34. The average molecular weight is 286 g/mol. The Labute approximate surface area is 122 Å². The van der Waals surface area contributed by atoms with Crippen molar-refractivity contribution in [3.05, 3.63) is 73.3 Å². The van der Waals surface area contributed by atoms with E-state index in [0.29, 0.717) is 0 Å². The van der Waals surface area contributed by atoms with Gasteiger partial charge in [-0.15, -0.1) is 0 Å². The summed E-state index contributed by atoms with van der Waals surface area (Å²) in [4.78, 5) is 10.3. The minimum Gasteiger partial charge on any atom is -0.456 e. The molecule has 20 heavy (non-hydrogen) atoms. The summed E-state index contributed by atoms with van der Waals surface area (Å²) in [5.41, 5.74) is 2.55. The van der Waals surface area contributed by atoms with Crippen LogP contribution in [0.15, 0.2) is 73.3 Å². The van der Waals surface area contributed by atoms with E-state index in [1.807, 2.05) is 12.1 Å². The first kappa shape index (κ1) is 16.1. The summed E-state index contributed by atoms with van der Waals surface area (Å²) in [6.07, 6.45) is 1.14. The Morgan fingerprint density at radius 1 is 1.05 bits per heavy atom. The molecule has 0 aliphatic rings. The average Bonchev–Trinajstić information content (AvgIpc) is 2.49. The van der Waals surface area contributed by atoms with Crippen LogP contribution in [0, 0.1) is 0 Å². The Kier molecular flexibility index (Phi) is 7.31. The van der Waals surface area contributed by atoms with Crippen molar-refractivity contribution in [2.75, 3.05) is 0 Å². The van der Waals surface area contributed by atoms with Gasteiger partial charge in [0.25, 0.3) is 0 Å². The molecule has 2 unspecified atom stereocenters. The molecule has 0 fully saturated rings. The molecule has 2 aromatic carbocycles. The van der Waals surface area contributed by atoms with E-state index in [2.05, 4.69) is 69.1 Å². The topological polar surface area (TPSA) is 26.3 Å². The van der Waals surface area contributed by atoms with Crippen molar-refractivity contribution in [2.45, 2.75) is 12.8 Å². The fourth-order valence-corrected chi connectivity index (χ4v) is 1.63. The first-order valence-corrected chi connectivity index (χ1v) is 6.99. The van der Waals surface area contributed by atoms with Crippen LogP contribution in [0.1, 0.15) is 6.92 Å². The minimum atomic E-state index is -0.382. The first-order chi connectivity index (χ1) is 9.63. The second kappa shape index (κ2) is 9.06. The highest BCUT2D eigenvalue weighted by atomic mass is 31.0. The summed E-state index contributed by atoms with van der Waals surface area (Å²) < 4.78 is 4.61. The maximum absolute atomic E-state index is 10.3. The molecule has 0 bridgehead atoms. The van der Waals surface area contributed by atoms with Gasteiger partial charge >= 0.3 is 5.97 Å². The van der Waals surface area contributed by atoms with E-state index < -0.39 is 0 Å². The Bertz CT molecular complexity index is 484. The van der Waals surface area contributed by atoms with E-state index in [1.165, 1.54) is 11.1 Å². The predicted molar refractivity (Wildman–Crippen MR) is 87.3 cm³/mol. The highest BCUT2D eigenvalue weighted by molar-refractivity contribution is 7.17. The fraction of sp³-hybridized carbons (Fsp3) is 0.118. The molecule has 2 nitrogen and oxygen atoms in total. The van der Waals surface area contributed by atoms with Crippen molar-refractivity contribution < 1.29 is 9.53 Å². The summed E-state index contributed by atoms with van der Waals surface area (Å²) in [6, 6.07) is 20.8. The van der Waals surface area contributed by atoms with E-state index in [9.17, 15) is 4.79 Å². The molecule has 0 N–H and O–H groups in total. The van der Waals surface area contributed by atoms with Crippen LogP contribution < -0.4 is 0 Å². The third-order valence-corrected chi connectivity index (χ3v) is 2.49. The van der Waals surface area contributed by atoms with Gasteiger partial charge in [0.05, 0.1) is 0 Å². The number of rotatable bonds is 3. The number of carbonyl (C=O) groups excluding carboxylic acids is 1. The molecule has 0 aliphatic heterocycles. The third kappa shape index (κ3) is 6.31. The van der Waals surface area contributed by atoms with Crippen LogP contribution in [0.5, 0.6) is 0 Å². The lowest BCUT2D eigenvalue weighted by Gasteiger charge is -2.02. The van der Waals surface area contributed by atoms with Crippen LogP contribution >= 0.6 is 9.24 Å². The highest BCUT2D eigenvalue weighted by Crippen LogP contribution is 2.17. The lowest BCUT2D eigenvalue weighted by molar-refractivity contribution is -0.138. The SMILES string of the molecule is C=CC(=O)OC(C)P.c1ccc(-c2ccccc2)cc1. The molecule has 2 aromatic rings. The second-order valence-electron chi connectivity index (χ2n) is 4.08. The molecule has 0 aliphatic carbocycles.